The van der Waals surface area contributed by atoms with E-state index >= 15 is 0 Å². The molecule has 8 nitrogen and oxygen atoms in total. The Balaban J connectivity index is 2.66. The molecule has 0 radical (unpaired) electrons. The Morgan fingerprint density at radius 2 is 1.71 bits per heavy atom. The molecule has 1 aromatic carbocycles. The largest absolute Gasteiger partial charge is 0.481 e. The number of hydrogen-bond acceptors (Lipinski definition) is 5. The van der Waals surface area contributed by atoms with Gasteiger partial charge in [0.2, 0.25) is 5.91 Å². The van der Waals surface area contributed by atoms with Crippen molar-refractivity contribution in [2.75, 3.05) is 0 Å². The molecule has 0 aliphatic heterocycles. The van der Waals surface area contributed by atoms with Gasteiger partial charge >= 0.3 is 12.1 Å². The Kier molecular flexibility index (Phi) is 8.91. The number of carbonyl (C=O) groups is 3. The maximum atomic E-state index is 12.1. The Hall–Kier alpha value is -2.61. The molecular formula is C20H30N2O6. The Morgan fingerprint density at radius 1 is 1.14 bits per heavy atom. The van der Waals surface area contributed by atoms with Crippen molar-refractivity contribution in [2.24, 2.45) is 5.73 Å². The lowest BCUT2D eigenvalue weighted by atomic mass is 10.1. The van der Waals surface area contributed by atoms with E-state index in [1.54, 1.807) is 52.0 Å². The van der Waals surface area contributed by atoms with Gasteiger partial charge < -0.3 is 25.6 Å². The number of carbonyl (C=O) groups excluding carboxylic acids is 2. The van der Waals surface area contributed by atoms with Crippen molar-refractivity contribution in [3.8, 4) is 0 Å². The van der Waals surface area contributed by atoms with E-state index < -0.39 is 35.7 Å². The van der Waals surface area contributed by atoms with Crippen LogP contribution in [0.5, 0.6) is 0 Å². The molecule has 2 atom stereocenters. The van der Waals surface area contributed by atoms with Crippen LogP contribution in [0.1, 0.15) is 51.7 Å². The smallest absolute Gasteiger partial charge is 0.407 e. The molecule has 0 heterocycles. The number of alkyl carbamates (subject to hydrolysis) is 1. The summed E-state index contributed by atoms with van der Waals surface area (Å²) in [5, 5.41) is 11.5. The van der Waals surface area contributed by atoms with Gasteiger partial charge in [-0.25, -0.2) is 4.79 Å². The van der Waals surface area contributed by atoms with Gasteiger partial charge in [-0.1, -0.05) is 24.3 Å². The van der Waals surface area contributed by atoms with E-state index in [0.29, 0.717) is 12.0 Å². The third-order valence-corrected chi connectivity index (χ3v) is 3.86. The second-order valence-corrected chi connectivity index (χ2v) is 7.66. The van der Waals surface area contributed by atoms with Crippen molar-refractivity contribution in [1.82, 2.24) is 5.32 Å². The highest BCUT2D eigenvalue weighted by atomic mass is 16.6. The minimum Gasteiger partial charge on any atom is -0.481 e. The van der Waals surface area contributed by atoms with Gasteiger partial charge in [0, 0.05) is 6.42 Å². The summed E-state index contributed by atoms with van der Waals surface area (Å²) in [6, 6.07) is 6.62. The second kappa shape index (κ2) is 10.7. The number of benzene rings is 1. The summed E-state index contributed by atoms with van der Waals surface area (Å²) in [6.07, 6.45) is -0.585. The van der Waals surface area contributed by atoms with Gasteiger partial charge in [0.05, 0.1) is 25.2 Å². The second-order valence-electron chi connectivity index (χ2n) is 7.66. The maximum absolute atomic E-state index is 12.1. The van der Waals surface area contributed by atoms with Crippen LogP contribution in [-0.2, 0) is 32.1 Å². The lowest BCUT2D eigenvalue weighted by molar-refractivity contribution is -0.136. The highest BCUT2D eigenvalue weighted by molar-refractivity contribution is 5.74. The molecule has 0 fully saturated rings. The van der Waals surface area contributed by atoms with Crippen LogP contribution in [0.4, 0.5) is 4.79 Å². The molecule has 1 aromatic rings. The zero-order valence-corrected chi connectivity index (χ0v) is 16.9. The fraction of sp³-hybridized carbons (Fsp3) is 0.550. The van der Waals surface area contributed by atoms with E-state index in [9.17, 15) is 14.4 Å². The lowest BCUT2D eigenvalue weighted by Gasteiger charge is -2.27. The molecule has 0 aliphatic rings. The number of carboxylic acids is 1. The molecule has 0 saturated heterocycles. The topological polar surface area (TPSA) is 128 Å². The Bertz CT molecular complexity index is 666. The van der Waals surface area contributed by atoms with E-state index in [1.807, 2.05) is 0 Å². The van der Waals surface area contributed by atoms with E-state index in [2.05, 4.69) is 5.32 Å². The molecule has 28 heavy (non-hydrogen) atoms. The van der Waals surface area contributed by atoms with Gasteiger partial charge in [0.1, 0.15) is 5.60 Å². The number of nitrogens with one attached hydrogen (secondary N) is 1. The minimum atomic E-state index is -0.886. The molecule has 2 amide bonds. The molecule has 1 rings (SSSR count). The summed E-state index contributed by atoms with van der Waals surface area (Å²) < 4.78 is 11.1. The maximum Gasteiger partial charge on any atom is 0.407 e. The van der Waals surface area contributed by atoms with Crippen molar-refractivity contribution in [3.05, 3.63) is 35.4 Å². The molecule has 0 bridgehead atoms. The van der Waals surface area contributed by atoms with Crippen molar-refractivity contribution < 1.29 is 29.0 Å². The first kappa shape index (κ1) is 23.4. The Morgan fingerprint density at radius 3 is 2.21 bits per heavy atom. The summed E-state index contributed by atoms with van der Waals surface area (Å²) in [6.45, 7) is 7.36. The molecule has 156 valence electrons. The highest BCUT2D eigenvalue weighted by Crippen LogP contribution is 2.13. The molecular weight excluding hydrogens is 364 g/mol. The van der Waals surface area contributed by atoms with Gasteiger partial charge in [-0.2, -0.15) is 0 Å². The van der Waals surface area contributed by atoms with E-state index in [1.165, 1.54) is 0 Å². The molecule has 0 spiro atoms. The van der Waals surface area contributed by atoms with Gasteiger partial charge in [0.25, 0.3) is 0 Å². The van der Waals surface area contributed by atoms with E-state index in [4.69, 9.17) is 20.3 Å². The summed E-state index contributed by atoms with van der Waals surface area (Å²) in [4.78, 5) is 33.9. The Labute approximate surface area is 165 Å². The zero-order chi connectivity index (χ0) is 21.3. The molecule has 0 unspecified atom stereocenters. The van der Waals surface area contributed by atoms with Crippen molar-refractivity contribution >= 4 is 18.0 Å². The van der Waals surface area contributed by atoms with E-state index in [-0.39, 0.29) is 19.4 Å². The number of ether oxygens (including phenoxy) is 2. The van der Waals surface area contributed by atoms with Crippen molar-refractivity contribution in [1.29, 1.82) is 0 Å². The number of rotatable bonds is 10. The molecule has 8 heteroatoms. The summed E-state index contributed by atoms with van der Waals surface area (Å²) >= 11 is 0. The highest BCUT2D eigenvalue weighted by Gasteiger charge is 2.24. The van der Waals surface area contributed by atoms with Crippen LogP contribution >= 0.6 is 0 Å². The predicted molar refractivity (Wildman–Crippen MR) is 104 cm³/mol. The summed E-state index contributed by atoms with van der Waals surface area (Å²) in [5.74, 6) is -1.35. The average Bonchev–Trinajstić information content (AvgIpc) is 2.55. The third kappa shape index (κ3) is 9.91. The van der Waals surface area contributed by atoms with Gasteiger partial charge in [-0.15, -0.1) is 0 Å². The fourth-order valence-corrected chi connectivity index (χ4v) is 2.45. The minimum absolute atomic E-state index is 0.0352. The average molecular weight is 394 g/mol. The third-order valence-electron chi connectivity index (χ3n) is 3.86. The lowest BCUT2D eigenvalue weighted by Crippen LogP contribution is -2.45. The number of hydrogen-bond donors (Lipinski definition) is 3. The zero-order valence-electron chi connectivity index (χ0n) is 16.9. The van der Waals surface area contributed by atoms with Gasteiger partial charge in [-0.05, 0) is 45.2 Å². The quantitative estimate of drug-likeness (QED) is 0.559. The number of carboxylic acid groups (broad SMARTS) is 1. The summed E-state index contributed by atoms with van der Waals surface area (Å²) in [7, 11) is 0. The van der Waals surface area contributed by atoms with Crippen LogP contribution in [0.3, 0.4) is 0 Å². The first-order valence-corrected chi connectivity index (χ1v) is 9.15. The number of nitrogens with two attached hydrogens (primary N) is 1. The molecule has 0 saturated carbocycles. The normalized spacial score (nSPS) is 13.4. The van der Waals surface area contributed by atoms with Crippen LogP contribution in [0.2, 0.25) is 0 Å². The fourth-order valence-electron chi connectivity index (χ4n) is 2.45. The van der Waals surface area contributed by atoms with Crippen LogP contribution in [0.15, 0.2) is 24.3 Å². The standard InChI is InChI=1S/C20H30N2O6/c1-13(27-12-15-7-5-14(6-8-15)11-18(24)25)16(9-10-17(21)23)22-19(26)28-20(2,3)4/h5-8,13,16H,9-12H2,1-4H3,(H2,21,23)(H,22,26)(H,24,25)/t13-,16+/m1/s1. The number of amides is 2. The van der Waals surface area contributed by atoms with Crippen molar-refractivity contribution in [3.63, 3.8) is 0 Å². The molecule has 4 N–H and O–H groups in total. The molecule has 0 aliphatic carbocycles. The monoisotopic (exact) mass is 394 g/mol. The number of primary amides is 1. The van der Waals surface area contributed by atoms with Crippen molar-refractivity contribution in [2.45, 2.75) is 71.3 Å². The van der Waals surface area contributed by atoms with Crippen LogP contribution in [0.25, 0.3) is 0 Å². The van der Waals surface area contributed by atoms with Gasteiger partial charge in [0.15, 0.2) is 0 Å². The van der Waals surface area contributed by atoms with Crippen LogP contribution in [0, 0.1) is 0 Å². The first-order chi connectivity index (χ1) is 13.0. The number of aliphatic carboxylic acids is 1. The van der Waals surface area contributed by atoms with Crippen LogP contribution < -0.4 is 11.1 Å². The predicted octanol–water partition coefficient (Wildman–Crippen LogP) is 2.38. The summed E-state index contributed by atoms with van der Waals surface area (Å²) in [5.41, 5.74) is 6.15. The van der Waals surface area contributed by atoms with Crippen LogP contribution in [-0.4, -0.2) is 40.8 Å². The van der Waals surface area contributed by atoms with Gasteiger partial charge in [-0.3, -0.25) is 9.59 Å². The SMILES string of the molecule is C[C@@H](OCc1ccc(CC(=O)O)cc1)[C@H](CCC(N)=O)NC(=O)OC(C)(C)C. The first-order valence-electron chi connectivity index (χ1n) is 9.15. The molecule has 0 aromatic heterocycles. The van der Waals surface area contributed by atoms with E-state index in [0.717, 1.165) is 5.56 Å².